The third-order valence-corrected chi connectivity index (χ3v) is 3.25. The van der Waals surface area contributed by atoms with Crippen molar-refractivity contribution in [3.63, 3.8) is 0 Å². The molecule has 114 valence electrons. The number of rotatable bonds is 5. The molecule has 1 heterocycles. The zero-order chi connectivity index (χ0) is 15.5. The lowest BCUT2D eigenvalue weighted by molar-refractivity contribution is -0.137. The number of halogens is 3. The first kappa shape index (κ1) is 15.6. The molecule has 0 spiro atoms. The van der Waals surface area contributed by atoms with E-state index in [1.807, 2.05) is 20.2 Å². The van der Waals surface area contributed by atoms with E-state index < -0.39 is 11.7 Å². The molecule has 0 aliphatic heterocycles. The van der Waals surface area contributed by atoms with Crippen LogP contribution in [0.5, 0.6) is 0 Å². The van der Waals surface area contributed by atoms with Gasteiger partial charge >= 0.3 is 6.18 Å². The summed E-state index contributed by atoms with van der Waals surface area (Å²) < 4.78 is 39.1. The smallest absolute Gasteiger partial charge is 0.308 e. The van der Waals surface area contributed by atoms with Gasteiger partial charge in [0.05, 0.1) is 11.3 Å². The van der Waals surface area contributed by atoms with Crippen LogP contribution in [0.4, 0.5) is 13.2 Å². The molecule has 0 amide bonds. The largest absolute Gasteiger partial charge is 0.416 e. The minimum atomic E-state index is -4.28. The van der Waals surface area contributed by atoms with Crippen molar-refractivity contribution < 1.29 is 13.2 Å². The maximum atomic E-state index is 12.5. The molecule has 0 atom stereocenters. The molecule has 3 nitrogen and oxygen atoms in total. The first-order chi connectivity index (χ1) is 9.90. The van der Waals surface area contributed by atoms with Crippen molar-refractivity contribution in [2.24, 2.45) is 7.05 Å². The van der Waals surface area contributed by atoms with Gasteiger partial charge in [0.15, 0.2) is 0 Å². The molecule has 0 unspecified atom stereocenters. The molecule has 0 aliphatic rings. The molecular weight excluding hydrogens is 279 g/mol. The van der Waals surface area contributed by atoms with Crippen LogP contribution in [0.2, 0.25) is 0 Å². The fourth-order valence-electron chi connectivity index (χ4n) is 2.18. The molecule has 6 heteroatoms. The molecule has 2 rings (SSSR count). The van der Waals surface area contributed by atoms with Gasteiger partial charge in [0.25, 0.3) is 0 Å². The highest BCUT2D eigenvalue weighted by molar-refractivity contribution is 5.24. The van der Waals surface area contributed by atoms with E-state index in [4.69, 9.17) is 0 Å². The van der Waals surface area contributed by atoms with Crippen molar-refractivity contribution in [2.75, 3.05) is 0 Å². The average molecular weight is 297 g/mol. The summed E-state index contributed by atoms with van der Waals surface area (Å²) in [6, 6.07) is 5.22. The molecule has 21 heavy (non-hydrogen) atoms. The predicted octanol–water partition coefficient (Wildman–Crippen LogP) is 3.29. The van der Waals surface area contributed by atoms with Gasteiger partial charge in [0.1, 0.15) is 0 Å². The Kier molecular flexibility index (Phi) is 4.67. The van der Waals surface area contributed by atoms with Gasteiger partial charge in [-0.3, -0.25) is 4.68 Å². The molecule has 0 saturated carbocycles. The second-order valence-corrected chi connectivity index (χ2v) is 4.93. The van der Waals surface area contributed by atoms with Crippen LogP contribution in [0.3, 0.4) is 0 Å². The minimum absolute atomic E-state index is 0.524. The summed E-state index contributed by atoms with van der Waals surface area (Å²) >= 11 is 0. The molecule has 0 radical (unpaired) electrons. The molecule has 2 aromatic rings. The van der Waals surface area contributed by atoms with Crippen LogP contribution < -0.4 is 5.32 Å². The van der Waals surface area contributed by atoms with E-state index in [0.29, 0.717) is 13.1 Å². The standard InChI is InChI=1S/C15H18F3N3/c1-3-14-12(10-21(2)20-14)9-19-8-11-4-6-13(7-5-11)15(16,17)18/h4-7,10,19H,3,8-9H2,1-2H3. The average Bonchev–Trinajstić information content (AvgIpc) is 2.79. The summed E-state index contributed by atoms with van der Waals surface area (Å²) in [7, 11) is 1.87. The number of hydrogen-bond donors (Lipinski definition) is 1. The van der Waals surface area contributed by atoms with Crippen LogP contribution in [0, 0.1) is 0 Å². The number of hydrogen-bond acceptors (Lipinski definition) is 2. The van der Waals surface area contributed by atoms with Gasteiger partial charge in [0.2, 0.25) is 0 Å². The third kappa shape index (κ3) is 4.07. The lowest BCUT2D eigenvalue weighted by Gasteiger charge is -2.08. The van der Waals surface area contributed by atoms with E-state index in [9.17, 15) is 13.2 Å². The summed E-state index contributed by atoms with van der Waals surface area (Å²) in [6.07, 6.45) is -1.46. The molecule has 0 fully saturated rings. The summed E-state index contributed by atoms with van der Waals surface area (Å²) in [6.45, 7) is 3.22. The predicted molar refractivity (Wildman–Crippen MR) is 74.6 cm³/mol. The van der Waals surface area contributed by atoms with Gasteiger partial charge in [0, 0.05) is 31.9 Å². The van der Waals surface area contributed by atoms with Gasteiger partial charge in [-0.1, -0.05) is 19.1 Å². The zero-order valence-electron chi connectivity index (χ0n) is 12.0. The Labute approximate surface area is 121 Å². The van der Waals surface area contributed by atoms with Crippen molar-refractivity contribution >= 4 is 0 Å². The van der Waals surface area contributed by atoms with Crippen molar-refractivity contribution in [1.82, 2.24) is 15.1 Å². The second-order valence-electron chi connectivity index (χ2n) is 4.93. The van der Waals surface area contributed by atoms with Crippen LogP contribution in [-0.4, -0.2) is 9.78 Å². The highest BCUT2D eigenvalue weighted by atomic mass is 19.4. The number of aryl methyl sites for hydroxylation is 2. The zero-order valence-corrected chi connectivity index (χ0v) is 12.0. The number of benzene rings is 1. The molecular formula is C15H18F3N3. The van der Waals surface area contributed by atoms with Crippen molar-refractivity contribution in [2.45, 2.75) is 32.6 Å². The Bertz CT molecular complexity index is 585. The summed E-state index contributed by atoms with van der Waals surface area (Å²) in [5.41, 5.74) is 2.36. The molecule has 0 bridgehead atoms. The highest BCUT2D eigenvalue weighted by Gasteiger charge is 2.29. The Balaban J connectivity index is 1.91. The fraction of sp³-hybridized carbons (Fsp3) is 0.400. The third-order valence-electron chi connectivity index (χ3n) is 3.25. The van der Waals surface area contributed by atoms with Crippen LogP contribution in [0.25, 0.3) is 0 Å². The van der Waals surface area contributed by atoms with Gasteiger partial charge in [-0.25, -0.2) is 0 Å². The van der Waals surface area contributed by atoms with Gasteiger partial charge in [-0.15, -0.1) is 0 Å². The van der Waals surface area contributed by atoms with E-state index in [-0.39, 0.29) is 0 Å². The minimum Gasteiger partial charge on any atom is -0.308 e. The van der Waals surface area contributed by atoms with Gasteiger partial charge in [-0.05, 0) is 24.1 Å². The fourth-order valence-corrected chi connectivity index (χ4v) is 2.18. The summed E-state index contributed by atoms with van der Waals surface area (Å²) in [5, 5.41) is 7.57. The van der Waals surface area contributed by atoms with Crippen LogP contribution in [-0.2, 0) is 32.7 Å². The topological polar surface area (TPSA) is 29.9 Å². The lowest BCUT2D eigenvalue weighted by atomic mass is 10.1. The highest BCUT2D eigenvalue weighted by Crippen LogP contribution is 2.29. The Hall–Kier alpha value is -1.82. The van der Waals surface area contributed by atoms with Crippen molar-refractivity contribution in [3.8, 4) is 0 Å². The molecule has 0 aliphatic carbocycles. The second kappa shape index (κ2) is 6.30. The molecule has 1 aromatic carbocycles. The van der Waals surface area contributed by atoms with E-state index >= 15 is 0 Å². The molecule has 1 aromatic heterocycles. The quantitative estimate of drug-likeness (QED) is 0.918. The number of nitrogens with zero attached hydrogens (tertiary/aromatic N) is 2. The molecule has 0 saturated heterocycles. The summed E-state index contributed by atoms with van der Waals surface area (Å²) in [5.74, 6) is 0. The van der Waals surface area contributed by atoms with Gasteiger partial charge in [-0.2, -0.15) is 18.3 Å². The maximum absolute atomic E-state index is 12.5. The number of aromatic nitrogens is 2. The first-order valence-corrected chi connectivity index (χ1v) is 6.78. The lowest BCUT2D eigenvalue weighted by Crippen LogP contribution is -2.13. The van der Waals surface area contributed by atoms with Gasteiger partial charge < -0.3 is 5.32 Å². The van der Waals surface area contributed by atoms with Crippen LogP contribution >= 0.6 is 0 Å². The van der Waals surface area contributed by atoms with E-state index in [0.717, 1.165) is 35.4 Å². The summed E-state index contributed by atoms with van der Waals surface area (Å²) in [4.78, 5) is 0. The monoisotopic (exact) mass is 297 g/mol. The number of alkyl halides is 3. The molecule has 1 N–H and O–H groups in total. The Morgan fingerprint density at radius 2 is 1.81 bits per heavy atom. The number of nitrogens with one attached hydrogen (secondary N) is 1. The maximum Gasteiger partial charge on any atom is 0.416 e. The Morgan fingerprint density at radius 1 is 1.14 bits per heavy atom. The van der Waals surface area contributed by atoms with Crippen LogP contribution in [0.1, 0.15) is 29.3 Å². The van der Waals surface area contributed by atoms with Crippen LogP contribution in [0.15, 0.2) is 30.5 Å². The SMILES string of the molecule is CCc1nn(C)cc1CNCc1ccc(C(F)(F)F)cc1. The Morgan fingerprint density at radius 3 is 2.38 bits per heavy atom. The van der Waals surface area contributed by atoms with E-state index in [1.54, 1.807) is 4.68 Å². The van der Waals surface area contributed by atoms with E-state index in [2.05, 4.69) is 10.4 Å². The normalized spacial score (nSPS) is 11.9. The van der Waals surface area contributed by atoms with E-state index in [1.165, 1.54) is 12.1 Å². The first-order valence-electron chi connectivity index (χ1n) is 6.78. The van der Waals surface area contributed by atoms with Crippen molar-refractivity contribution in [3.05, 3.63) is 52.8 Å². The van der Waals surface area contributed by atoms with Crippen molar-refractivity contribution in [1.29, 1.82) is 0 Å².